The molecule has 0 saturated heterocycles. The van der Waals surface area contributed by atoms with Crippen LogP contribution in [0.25, 0.3) is 0 Å². The minimum Gasteiger partial charge on any atom is -0.381 e. The number of hydrogen-bond acceptors (Lipinski definition) is 3. The van der Waals surface area contributed by atoms with Gasteiger partial charge in [-0.3, -0.25) is 0 Å². The lowest BCUT2D eigenvalue weighted by Gasteiger charge is -2.04. The fourth-order valence-electron chi connectivity index (χ4n) is 2.75. The van der Waals surface area contributed by atoms with Gasteiger partial charge in [-0.25, -0.2) is 4.98 Å². The van der Waals surface area contributed by atoms with Gasteiger partial charge in [-0.1, -0.05) is 57.8 Å². The highest BCUT2D eigenvalue weighted by molar-refractivity contribution is 7.98. The van der Waals surface area contributed by atoms with Crippen molar-refractivity contribution in [3.63, 3.8) is 0 Å². The van der Waals surface area contributed by atoms with Gasteiger partial charge in [-0.15, -0.1) is 0 Å². The van der Waals surface area contributed by atoms with Crippen molar-refractivity contribution in [2.75, 3.05) is 25.2 Å². The number of thioether (sulfide) groups is 1. The van der Waals surface area contributed by atoms with E-state index >= 15 is 0 Å². The second kappa shape index (κ2) is 16.4. The molecule has 0 N–H and O–H groups in total. The fraction of sp³-hybridized carbons (Fsp3) is 0.842. The third-order valence-electron chi connectivity index (χ3n) is 4.20. The van der Waals surface area contributed by atoms with E-state index in [1.54, 1.807) is 0 Å². The van der Waals surface area contributed by atoms with Gasteiger partial charge in [0.1, 0.15) is 0 Å². The predicted octanol–water partition coefficient (Wildman–Crippen LogP) is 5.55. The monoisotopic (exact) mass is 340 g/mol. The Balaban J connectivity index is 1.67. The molecule has 1 rings (SSSR count). The maximum atomic E-state index is 5.56. The molecule has 4 heteroatoms. The fourth-order valence-corrected chi connectivity index (χ4v) is 3.04. The topological polar surface area (TPSA) is 27.1 Å². The molecule has 0 aromatic carbocycles. The second-order valence-corrected chi connectivity index (χ2v) is 7.28. The number of aromatic nitrogens is 2. The molecule has 134 valence electrons. The quantitative estimate of drug-likeness (QED) is 0.348. The lowest BCUT2D eigenvalue weighted by molar-refractivity contribution is 0.145. The van der Waals surface area contributed by atoms with Crippen molar-refractivity contribution in [1.29, 1.82) is 0 Å². The molecule has 0 amide bonds. The molecule has 1 heterocycles. The zero-order valence-corrected chi connectivity index (χ0v) is 15.9. The zero-order chi connectivity index (χ0) is 16.4. The van der Waals surface area contributed by atoms with E-state index in [9.17, 15) is 0 Å². The van der Waals surface area contributed by atoms with E-state index < -0.39 is 0 Å². The molecule has 23 heavy (non-hydrogen) atoms. The van der Waals surface area contributed by atoms with Crippen molar-refractivity contribution >= 4 is 11.8 Å². The molecule has 0 fully saturated rings. The average molecular weight is 341 g/mol. The second-order valence-electron chi connectivity index (χ2n) is 6.29. The summed E-state index contributed by atoms with van der Waals surface area (Å²) in [5.41, 5.74) is 0. The van der Waals surface area contributed by atoms with Gasteiger partial charge >= 0.3 is 0 Å². The van der Waals surface area contributed by atoms with Crippen LogP contribution >= 0.6 is 11.8 Å². The van der Waals surface area contributed by atoms with E-state index in [2.05, 4.69) is 22.0 Å². The van der Waals surface area contributed by atoms with Crippen LogP contribution < -0.4 is 0 Å². The Hall–Kier alpha value is -0.480. The molecule has 0 aliphatic rings. The maximum Gasteiger partial charge on any atom is 0.0945 e. The van der Waals surface area contributed by atoms with E-state index in [4.69, 9.17) is 4.74 Å². The largest absolute Gasteiger partial charge is 0.381 e. The summed E-state index contributed by atoms with van der Waals surface area (Å²) >= 11 is 1.86. The van der Waals surface area contributed by atoms with E-state index in [1.165, 1.54) is 70.6 Å². The average Bonchev–Trinajstić information content (AvgIpc) is 3.08. The van der Waals surface area contributed by atoms with Crippen LogP contribution in [0, 0.1) is 0 Å². The first-order valence-electron chi connectivity index (χ1n) is 9.46. The van der Waals surface area contributed by atoms with Gasteiger partial charge in [0.25, 0.3) is 0 Å². The highest BCUT2D eigenvalue weighted by Gasteiger charge is 1.95. The van der Waals surface area contributed by atoms with Crippen LogP contribution in [0.1, 0.15) is 70.6 Å². The molecule has 0 aliphatic carbocycles. The SMILES string of the molecule is CSCCOCCCCCCCCCCCCCn1ccnc1. The molecular formula is C19H36N2OS. The maximum absolute atomic E-state index is 5.56. The van der Waals surface area contributed by atoms with E-state index in [0.29, 0.717) is 0 Å². The third-order valence-corrected chi connectivity index (χ3v) is 4.77. The van der Waals surface area contributed by atoms with Crippen LogP contribution in [-0.4, -0.2) is 34.8 Å². The Kier molecular flexibility index (Phi) is 14.6. The summed E-state index contributed by atoms with van der Waals surface area (Å²) in [6, 6.07) is 0. The molecule has 0 atom stereocenters. The Labute approximate surface area is 147 Å². The molecule has 1 aromatic rings. The lowest BCUT2D eigenvalue weighted by atomic mass is 10.1. The zero-order valence-electron chi connectivity index (χ0n) is 15.0. The lowest BCUT2D eigenvalue weighted by Crippen LogP contribution is -1.98. The van der Waals surface area contributed by atoms with Crippen LogP contribution in [0.3, 0.4) is 0 Å². The molecule has 0 spiro atoms. The van der Waals surface area contributed by atoms with Gasteiger partial charge in [-0.05, 0) is 19.1 Å². The van der Waals surface area contributed by atoms with Gasteiger partial charge in [0.05, 0.1) is 12.9 Å². The van der Waals surface area contributed by atoms with Crippen LogP contribution in [0.4, 0.5) is 0 Å². The van der Waals surface area contributed by atoms with Crippen LogP contribution in [-0.2, 0) is 11.3 Å². The highest BCUT2D eigenvalue weighted by Crippen LogP contribution is 2.11. The molecule has 0 radical (unpaired) electrons. The minimum atomic E-state index is 0.920. The van der Waals surface area contributed by atoms with Gasteiger partial charge in [0.2, 0.25) is 0 Å². The Bertz CT molecular complexity index is 330. The van der Waals surface area contributed by atoms with E-state index in [0.717, 1.165) is 25.5 Å². The molecule has 0 unspecified atom stereocenters. The molecule has 0 bridgehead atoms. The Morgan fingerprint density at radius 3 is 2.00 bits per heavy atom. The number of unbranched alkanes of at least 4 members (excludes halogenated alkanes) is 10. The van der Waals surface area contributed by atoms with E-state index in [-0.39, 0.29) is 0 Å². The summed E-state index contributed by atoms with van der Waals surface area (Å²) in [4.78, 5) is 4.07. The Morgan fingerprint density at radius 1 is 0.826 bits per heavy atom. The molecule has 0 aliphatic heterocycles. The first-order valence-corrected chi connectivity index (χ1v) is 10.9. The normalized spacial score (nSPS) is 11.2. The number of hydrogen-bond donors (Lipinski definition) is 0. The third kappa shape index (κ3) is 13.6. The molecule has 0 saturated carbocycles. The van der Waals surface area contributed by atoms with E-state index in [1.807, 2.05) is 24.3 Å². The van der Waals surface area contributed by atoms with Crippen molar-refractivity contribution in [2.24, 2.45) is 0 Å². The Morgan fingerprint density at radius 2 is 1.43 bits per heavy atom. The van der Waals surface area contributed by atoms with Gasteiger partial charge in [-0.2, -0.15) is 11.8 Å². The minimum absolute atomic E-state index is 0.920. The summed E-state index contributed by atoms with van der Waals surface area (Å²) in [6.45, 7) is 3.00. The summed E-state index contributed by atoms with van der Waals surface area (Å²) in [5.74, 6) is 1.13. The number of imidazole rings is 1. The highest BCUT2D eigenvalue weighted by atomic mass is 32.2. The molecule has 1 aromatic heterocycles. The smallest absolute Gasteiger partial charge is 0.0945 e. The standard InChI is InChI=1S/C19H36N2OS/c1-23-18-17-22-16-12-10-8-6-4-2-3-5-7-9-11-14-21-15-13-20-19-21/h13,15,19H,2-12,14,16-18H2,1H3. The predicted molar refractivity (Wildman–Crippen MR) is 102 cm³/mol. The van der Waals surface area contributed by atoms with Crippen molar-refractivity contribution in [1.82, 2.24) is 9.55 Å². The van der Waals surface area contributed by atoms with Crippen molar-refractivity contribution in [3.8, 4) is 0 Å². The molecular weight excluding hydrogens is 304 g/mol. The first kappa shape index (κ1) is 20.6. The van der Waals surface area contributed by atoms with Crippen molar-refractivity contribution in [3.05, 3.63) is 18.7 Å². The van der Waals surface area contributed by atoms with Crippen molar-refractivity contribution in [2.45, 2.75) is 77.2 Å². The van der Waals surface area contributed by atoms with Crippen LogP contribution in [0.2, 0.25) is 0 Å². The van der Waals surface area contributed by atoms with Crippen LogP contribution in [0.15, 0.2) is 18.7 Å². The van der Waals surface area contributed by atoms with Crippen molar-refractivity contribution < 1.29 is 4.74 Å². The summed E-state index contributed by atoms with van der Waals surface area (Å²) in [6.07, 6.45) is 23.0. The van der Waals surface area contributed by atoms with Gasteiger partial charge in [0.15, 0.2) is 0 Å². The van der Waals surface area contributed by atoms with Gasteiger partial charge in [0, 0.05) is 31.3 Å². The van der Waals surface area contributed by atoms with Gasteiger partial charge < -0.3 is 9.30 Å². The number of aryl methyl sites for hydroxylation is 1. The summed E-state index contributed by atoms with van der Waals surface area (Å²) in [7, 11) is 0. The first-order chi connectivity index (χ1) is 11.4. The van der Waals surface area contributed by atoms with Crippen LogP contribution in [0.5, 0.6) is 0 Å². The number of ether oxygens (including phenoxy) is 1. The molecule has 3 nitrogen and oxygen atoms in total. The number of nitrogens with zero attached hydrogens (tertiary/aromatic N) is 2. The summed E-state index contributed by atoms with van der Waals surface area (Å²) < 4.78 is 7.74. The summed E-state index contributed by atoms with van der Waals surface area (Å²) in [5, 5.41) is 0. The number of rotatable bonds is 17.